The zero-order valence-corrected chi connectivity index (χ0v) is 10.4. The minimum Gasteiger partial charge on any atom is -0.491 e. The number of rotatable bonds is 5. The van der Waals surface area contributed by atoms with Crippen LogP contribution in [0.15, 0.2) is 22.7 Å². The average Bonchev–Trinajstić information content (AvgIpc) is 2.20. The minimum atomic E-state index is 0.0532. The molecule has 0 atom stereocenters. The molecule has 1 aromatic carbocycles. The van der Waals surface area contributed by atoms with Gasteiger partial charge in [0.2, 0.25) is 0 Å². The lowest BCUT2D eigenvalue weighted by molar-refractivity contribution is 0.101. The maximum absolute atomic E-state index is 11.1. The van der Waals surface area contributed by atoms with Crippen molar-refractivity contribution in [3.8, 4) is 5.75 Å². The molecule has 15 heavy (non-hydrogen) atoms. The number of hydrogen-bond donors (Lipinski definition) is 1. The molecule has 0 radical (unpaired) electrons. The minimum absolute atomic E-state index is 0.0532. The molecule has 4 heteroatoms. The first-order valence-corrected chi connectivity index (χ1v) is 5.52. The third kappa shape index (κ3) is 3.64. The van der Waals surface area contributed by atoms with Crippen LogP contribution in [0, 0.1) is 0 Å². The van der Waals surface area contributed by atoms with E-state index in [9.17, 15) is 4.79 Å². The number of hydrogen-bond acceptors (Lipinski definition) is 3. The molecule has 0 unspecified atom stereocenters. The number of carbonyl (C=O) groups is 1. The third-order valence-corrected chi connectivity index (χ3v) is 2.57. The van der Waals surface area contributed by atoms with Gasteiger partial charge >= 0.3 is 0 Å². The van der Waals surface area contributed by atoms with Gasteiger partial charge in [-0.3, -0.25) is 4.79 Å². The second kappa shape index (κ2) is 5.88. The zero-order chi connectivity index (χ0) is 11.3. The molecule has 0 aliphatic carbocycles. The summed E-state index contributed by atoms with van der Waals surface area (Å²) in [6.07, 6.45) is 0. The van der Waals surface area contributed by atoms with Crippen molar-refractivity contribution in [1.29, 1.82) is 0 Å². The van der Waals surface area contributed by atoms with E-state index in [1.165, 1.54) is 0 Å². The van der Waals surface area contributed by atoms with E-state index in [1.807, 2.05) is 7.05 Å². The lowest BCUT2D eigenvalue weighted by atomic mass is 10.1. The molecule has 3 nitrogen and oxygen atoms in total. The summed E-state index contributed by atoms with van der Waals surface area (Å²) >= 11 is 3.37. The molecule has 0 aliphatic rings. The Morgan fingerprint density at radius 3 is 2.80 bits per heavy atom. The molecular formula is C11H14BrNO2. The lowest BCUT2D eigenvalue weighted by Gasteiger charge is -2.08. The first kappa shape index (κ1) is 12.2. The average molecular weight is 272 g/mol. The first-order valence-electron chi connectivity index (χ1n) is 4.73. The summed E-state index contributed by atoms with van der Waals surface area (Å²) in [4.78, 5) is 11.1. The van der Waals surface area contributed by atoms with Crippen molar-refractivity contribution in [3.05, 3.63) is 28.2 Å². The summed E-state index contributed by atoms with van der Waals surface area (Å²) in [5.74, 6) is 0.813. The summed E-state index contributed by atoms with van der Waals surface area (Å²) in [6, 6.07) is 5.34. The maximum Gasteiger partial charge on any atom is 0.159 e. The van der Waals surface area contributed by atoms with Crippen LogP contribution in [-0.2, 0) is 0 Å². The van der Waals surface area contributed by atoms with E-state index in [0.717, 1.165) is 16.8 Å². The number of ketones is 1. The molecule has 0 heterocycles. The molecule has 0 spiro atoms. The molecule has 0 aliphatic heterocycles. The third-order valence-electron chi connectivity index (χ3n) is 1.95. The number of benzene rings is 1. The monoisotopic (exact) mass is 271 g/mol. The van der Waals surface area contributed by atoms with Crippen molar-refractivity contribution >= 4 is 21.7 Å². The van der Waals surface area contributed by atoms with Crippen LogP contribution in [0.1, 0.15) is 17.3 Å². The van der Waals surface area contributed by atoms with E-state index in [0.29, 0.717) is 12.2 Å². The highest BCUT2D eigenvalue weighted by atomic mass is 79.9. The van der Waals surface area contributed by atoms with Gasteiger partial charge in [-0.25, -0.2) is 0 Å². The molecular weight excluding hydrogens is 258 g/mol. The Balaban J connectivity index is 2.70. The van der Waals surface area contributed by atoms with Gasteiger partial charge in [-0.05, 0) is 48.1 Å². The van der Waals surface area contributed by atoms with Crippen molar-refractivity contribution in [2.75, 3.05) is 20.2 Å². The fraction of sp³-hybridized carbons (Fsp3) is 0.364. The molecule has 0 amide bonds. The largest absolute Gasteiger partial charge is 0.491 e. The molecule has 82 valence electrons. The highest BCUT2D eigenvalue weighted by Gasteiger charge is 2.05. The molecule has 0 bridgehead atoms. The molecule has 1 N–H and O–H groups in total. The van der Waals surface area contributed by atoms with E-state index < -0.39 is 0 Å². The van der Waals surface area contributed by atoms with Crippen molar-refractivity contribution < 1.29 is 9.53 Å². The molecule has 0 fully saturated rings. The van der Waals surface area contributed by atoms with Crippen LogP contribution in [-0.4, -0.2) is 26.0 Å². The predicted octanol–water partition coefficient (Wildman–Crippen LogP) is 2.25. The number of ether oxygens (including phenoxy) is 1. The van der Waals surface area contributed by atoms with Gasteiger partial charge in [0.05, 0.1) is 4.47 Å². The first-order chi connectivity index (χ1) is 7.15. The molecule has 0 saturated heterocycles. The lowest BCUT2D eigenvalue weighted by Crippen LogP contribution is -2.16. The van der Waals surface area contributed by atoms with Gasteiger partial charge in [0.25, 0.3) is 0 Å². The predicted molar refractivity (Wildman–Crippen MR) is 63.6 cm³/mol. The molecule has 0 aromatic heterocycles. The summed E-state index contributed by atoms with van der Waals surface area (Å²) in [5, 5.41) is 2.99. The summed E-state index contributed by atoms with van der Waals surface area (Å²) in [5.41, 5.74) is 0.683. The standard InChI is InChI=1S/C11H14BrNO2/c1-8(14)9-3-4-11(10(12)7-9)15-6-5-13-2/h3-4,7,13H,5-6H2,1-2H3. The van der Waals surface area contributed by atoms with Gasteiger partial charge in [0.15, 0.2) is 5.78 Å². The second-order valence-electron chi connectivity index (χ2n) is 3.15. The van der Waals surface area contributed by atoms with Crippen molar-refractivity contribution in [2.45, 2.75) is 6.92 Å². The van der Waals surface area contributed by atoms with Crippen LogP contribution in [0.25, 0.3) is 0 Å². The van der Waals surface area contributed by atoms with E-state index in [2.05, 4.69) is 21.2 Å². The Bertz CT molecular complexity index is 352. The van der Waals surface area contributed by atoms with Crippen LogP contribution in [0.3, 0.4) is 0 Å². The quantitative estimate of drug-likeness (QED) is 0.660. The number of likely N-dealkylation sites (N-methyl/N-ethyl adjacent to an activating group) is 1. The van der Waals surface area contributed by atoms with E-state index in [1.54, 1.807) is 25.1 Å². The maximum atomic E-state index is 11.1. The van der Waals surface area contributed by atoms with Gasteiger partial charge in [-0.15, -0.1) is 0 Å². The Kier molecular flexibility index (Phi) is 4.78. The smallest absolute Gasteiger partial charge is 0.159 e. The molecule has 1 aromatic rings. The SMILES string of the molecule is CNCCOc1ccc(C(C)=O)cc1Br. The van der Waals surface area contributed by atoms with Crippen molar-refractivity contribution in [2.24, 2.45) is 0 Å². The van der Waals surface area contributed by atoms with Crippen LogP contribution < -0.4 is 10.1 Å². The summed E-state index contributed by atoms with van der Waals surface area (Å²) < 4.78 is 6.30. The van der Waals surface area contributed by atoms with Gasteiger partial charge in [0.1, 0.15) is 12.4 Å². The topological polar surface area (TPSA) is 38.3 Å². The number of carbonyl (C=O) groups excluding carboxylic acids is 1. The van der Waals surface area contributed by atoms with Gasteiger partial charge in [-0.1, -0.05) is 0 Å². The highest BCUT2D eigenvalue weighted by Crippen LogP contribution is 2.26. The van der Waals surface area contributed by atoms with Crippen LogP contribution in [0.2, 0.25) is 0 Å². The fourth-order valence-corrected chi connectivity index (χ4v) is 1.59. The molecule has 0 saturated carbocycles. The zero-order valence-electron chi connectivity index (χ0n) is 8.84. The van der Waals surface area contributed by atoms with Gasteiger partial charge < -0.3 is 10.1 Å². The summed E-state index contributed by atoms with van der Waals surface area (Å²) in [6.45, 7) is 2.94. The Labute approximate surface area is 97.9 Å². The van der Waals surface area contributed by atoms with Gasteiger partial charge in [-0.2, -0.15) is 0 Å². The Morgan fingerprint density at radius 1 is 1.53 bits per heavy atom. The fourth-order valence-electron chi connectivity index (χ4n) is 1.10. The van der Waals surface area contributed by atoms with E-state index in [-0.39, 0.29) is 5.78 Å². The van der Waals surface area contributed by atoms with E-state index >= 15 is 0 Å². The Morgan fingerprint density at radius 2 is 2.27 bits per heavy atom. The van der Waals surface area contributed by atoms with Crippen LogP contribution in [0.4, 0.5) is 0 Å². The molecule has 1 rings (SSSR count). The van der Waals surface area contributed by atoms with E-state index in [4.69, 9.17) is 4.74 Å². The number of Topliss-reactive ketones (excluding diaryl/α,β-unsaturated/α-hetero) is 1. The summed E-state index contributed by atoms with van der Waals surface area (Å²) in [7, 11) is 1.87. The van der Waals surface area contributed by atoms with Crippen LogP contribution >= 0.6 is 15.9 Å². The Hall–Kier alpha value is -0.870. The second-order valence-corrected chi connectivity index (χ2v) is 4.01. The highest BCUT2D eigenvalue weighted by molar-refractivity contribution is 9.10. The van der Waals surface area contributed by atoms with Crippen molar-refractivity contribution in [3.63, 3.8) is 0 Å². The van der Waals surface area contributed by atoms with Gasteiger partial charge in [0, 0.05) is 12.1 Å². The normalized spacial score (nSPS) is 10.1. The number of nitrogens with one attached hydrogen (secondary N) is 1. The van der Waals surface area contributed by atoms with Crippen molar-refractivity contribution in [1.82, 2.24) is 5.32 Å². The number of halogens is 1. The van der Waals surface area contributed by atoms with Crippen LogP contribution in [0.5, 0.6) is 5.75 Å².